The first-order chi connectivity index (χ1) is 12.5. The predicted octanol–water partition coefficient (Wildman–Crippen LogP) is 3.20. The number of anilines is 1. The van der Waals surface area contributed by atoms with E-state index in [4.69, 9.17) is 14.2 Å². The summed E-state index contributed by atoms with van der Waals surface area (Å²) in [6, 6.07) is 14.1. The average Bonchev–Trinajstić information content (AvgIpc) is 2.64. The van der Waals surface area contributed by atoms with Gasteiger partial charge < -0.3 is 19.5 Å². The second-order valence-corrected chi connectivity index (χ2v) is 5.71. The zero-order chi connectivity index (χ0) is 18.9. The van der Waals surface area contributed by atoms with E-state index in [1.807, 2.05) is 31.2 Å². The largest absolute Gasteiger partial charge is 0.479 e. The van der Waals surface area contributed by atoms with Crippen molar-refractivity contribution in [2.75, 3.05) is 25.6 Å². The van der Waals surface area contributed by atoms with E-state index in [2.05, 4.69) is 5.32 Å². The number of hydrogen-bond donors (Lipinski definition) is 1. The second kappa shape index (κ2) is 9.58. The number of rotatable bonds is 8. The van der Waals surface area contributed by atoms with Crippen LogP contribution in [0.5, 0.6) is 5.75 Å². The third kappa shape index (κ3) is 5.60. The summed E-state index contributed by atoms with van der Waals surface area (Å²) >= 11 is 0. The zero-order valence-electron chi connectivity index (χ0n) is 15.2. The van der Waals surface area contributed by atoms with Crippen molar-refractivity contribution in [2.24, 2.45) is 0 Å². The van der Waals surface area contributed by atoms with Crippen molar-refractivity contribution in [1.29, 1.82) is 0 Å². The molecule has 0 spiro atoms. The van der Waals surface area contributed by atoms with Crippen molar-refractivity contribution in [3.8, 4) is 5.75 Å². The van der Waals surface area contributed by atoms with Crippen molar-refractivity contribution >= 4 is 17.6 Å². The van der Waals surface area contributed by atoms with Gasteiger partial charge in [-0.15, -0.1) is 0 Å². The van der Waals surface area contributed by atoms with Gasteiger partial charge in [0.15, 0.2) is 6.10 Å². The maximum Gasteiger partial charge on any atom is 0.347 e. The number of carbonyl (C=O) groups is 2. The molecule has 6 nitrogen and oxygen atoms in total. The van der Waals surface area contributed by atoms with Crippen LogP contribution in [0.4, 0.5) is 5.69 Å². The Morgan fingerprint density at radius 1 is 1.04 bits per heavy atom. The van der Waals surface area contributed by atoms with Crippen molar-refractivity contribution < 1.29 is 23.8 Å². The highest BCUT2D eigenvalue weighted by atomic mass is 16.6. The molecule has 2 aromatic carbocycles. The molecule has 1 N–H and O–H groups in total. The molecule has 2 rings (SSSR count). The molecule has 0 fully saturated rings. The number of para-hydroxylation sites is 1. The highest BCUT2D eigenvalue weighted by molar-refractivity contribution is 6.04. The van der Waals surface area contributed by atoms with Gasteiger partial charge in [-0.1, -0.05) is 18.2 Å². The van der Waals surface area contributed by atoms with Crippen molar-refractivity contribution in [3.63, 3.8) is 0 Å². The van der Waals surface area contributed by atoms with E-state index < -0.39 is 12.1 Å². The van der Waals surface area contributed by atoms with Crippen LogP contribution in [0.3, 0.4) is 0 Å². The molecule has 0 aromatic heterocycles. The summed E-state index contributed by atoms with van der Waals surface area (Å²) in [5.74, 6) is -0.199. The van der Waals surface area contributed by atoms with Gasteiger partial charge in [0.25, 0.3) is 5.91 Å². The molecular weight excluding hydrogens is 334 g/mol. The molecular formula is C20H23NO5. The van der Waals surface area contributed by atoms with Crippen LogP contribution in [-0.2, 0) is 14.3 Å². The van der Waals surface area contributed by atoms with Gasteiger partial charge in [0.1, 0.15) is 12.4 Å². The third-order valence-electron chi connectivity index (χ3n) is 3.69. The molecule has 1 atom stereocenters. The zero-order valence-corrected chi connectivity index (χ0v) is 15.2. The summed E-state index contributed by atoms with van der Waals surface area (Å²) in [4.78, 5) is 24.1. The summed E-state index contributed by atoms with van der Waals surface area (Å²) < 4.78 is 15.4. The summed E-state index contributed by atoms with van der Waals surface area (Å²) in [7, 11) is 1.53. The number of methoxy groups -OCH3 is 1. The summed E-state index contributed by atoms with van der Waals surface area (Å²) in [5, 5.41) is 2.87. The van der Waals surface area contributed by atoms with E-state index >= 15 is 0 Å². The molecule has 0 radical (unpaired) electrons. The Kier molecular flexibility index (Phi) is 7.17. The number of benzene rings is 2. The molecule has 0 saturated carbocycles. The molecule has 0 heterocycles. The summed E-state index contributed by atoms with van der Waals surface area (Å²) in [6.45, 7) is 4.05. The number of esters is 1. The minimum absolute atomic E-state index is 0.182. The minimum atomic E-state index is -0.751. The van der Waals surface area contributed by atoms with Gasteiger partial charge in [-0.2, -0.15) is 0 Å². The van der Waals surface area contributed by atoms with E-state index in [0.717, 1.165) is 11.3 Å². The first kappa shape index (κ1) is 19.5. The van der Waals surface area contributed by atoms with E-state index in [1.165, 1.54) is 7.11 Å². The number of carbonyl (C=O) groups excluding carboxylic acids is 2. The molecule has 0 saturated heterocycles. The van der Waals surface area contributed by atoms with Crippen molar-refractivity contribution in [1.82, 2.24) is 0 Å². The molecule has 1 amide bonds. The lowest BCUT2D eigenvalue weighted by Gasteiger charge is -2.14. The van der Waals surface area contributed by atoms with Crippen molar-refractivity contribution in [3.05, 3.63) is 59.7 Å². The lowest BCUT2D eigenvalue weighted by Crippen LogP contribution is -2.27. The van der Waals surface area contributed by atoms with Gasteiger partial charge in [-0.25, -0.2) is 4.79 Å². The molecule has 0 unspecified atom stereocenters. The van der Waals surface area contributed by atoms with Gasteiger partial charge in [-0.05, 0) is 49.7 Å². The SMILES string of the molecule is COCCOC(=O)[C@H](C)Oc1ccc(C(=O)Nc2ccccc2C)cc1. The van der Waals surface area contributed by atoms with Crippen LogP contribution >= 0.6 is 0 Å². The maximum absolute atomic E-state index is 12.3. The fourth-order valence-electron chi connectivity index (χ4n) is 2.19. The third-order valence-corrected chi connectivity index (χ3v) is 3.69. The van der Waals surface area contributed by atoms with Crippen LogP contribution in [0.15, 0.2) is 48.5 Å². The lowest BCUT2D eigenvalue weighted by molar-refractivity contribution is -0.152. The highest BCUT2D eigenvalue weighted by Crippen LogP contribution is 2.17. The lowest BCUT2D eigenvalue weighted by atomic mass is 10.1. The van der Waals surface area contributed by atoms with Crippen LogP contribution in [0.1, 0.15) is 22.8 Å². The van der Waals surface area contributed by atoms with Gasteiger partial charge in [-0.3, -0.25) is 4.79 Å². The topological polar surface area (TPSA) is 73.9 Å². The number of aryl methyl sites for hydroxylation is 1. The summed E-state index contributed by atoms with van der Waals surface area (Å²) in [5.41, 5.74) is 2.25. The minimum Gasteiger partial charge on any atom is -0.479 e. The Labute approximate surface area is 153 Å². The first-order valence-electron chi connectivity index (χ1n) is 8.30. The standard InChI is InChI=1S/C20H23NO5/c1-14-6-4-5-7-18(14)21-19(22)16-8-10-17(11-9-16)26-15(2)20(23)25-13-12-24-3/h4-11,15H,12-13H2,1-3H3,(H,21,22)/t15-/m0/s1. The Balaban J connectivity index is 1.92. The normalized spacial score (nSPS) is 11.5. The number of amides is 1. The monoisotopic (exact) mass is 357 g/mol. The smallest absolute Gasteiger partial charge is 0.347 e. The van der Waals surface area contributed by atoms with Gasteiger partial charge in [0, 0.05) is 18.4 Å². The van der Waals surface area contributed by atoms with E-state index in [1.54, 1.807) is 31.2 Å². The average molecular weight is 357 g/mol. The maximum atomic E-state index is 12.3. The quantitative estimate of drug-likeness (QED) is 0.580. The fourth-order valence-corrected chi connectivity index (χ4v) is 2.19. The highest BCUT2D eigenvalue weighted by Gasteiger charge is 2.16. The molecule has 0 aliphatic heterocycles. The van der Waals surface area contributed by atoms with Crippen LogP contribution in [0, 0.1) is 6.92 Å². The predicted molar refractivity (Wildman–Crippen MR) is 98.5 cm³/mol. The van der Waals surface area contributed by atoms with Crippen LogP contribution in [0.25, 0.3) is 0 Å². The molecule has 6 heteroatoms. The number of ether oxygens (including phenoxy) is 3. The van der Waals surface area contributed by atoms with E-state index in [0.29, 0.717) is 17.9 Å². The molecule has 0 bridgehead atoms. The molecule has 0 aliphatic carbocycles. The van der Waals surface area contributed by atoms with Gasteiger partial charge >= 0.3 is 5.97 Å². The molecule has 2 aromatic rings. The van der Waals surface area contributed by atoms with Gasteiger partial charge in [0.05, 0.1) is 6.61 Å². The molecule has 0 aliphatic rings. The molecule has 26 heavy (non-hydrogen) atoms. The Hall–Kier alpha value is -2.86. The Bertz CT molecular complexity index is 742. The van der Waals surface area contributed by atoms with Gasteiger partial charge in [0.2, 0.25) is 0 Å². The van der Waals surface area contributed by atoms with Crippen molar-refractivity contribution in [2.45, 2.75) is 20.0 Å². The fraction of sp³-hybridized carbons (Fsp3) is 0.300. The first-order valence-corrected chi connectivity index (χ1v) is 8.30. The van der Waals surface area contributed by atoms with Crippen LogP contribution in [0.2, 0.25) is 0 Å². The summed E-state index contributed by atoms with van der Waals surface area (Å²) in [6.07, 6.45) is -0.751. The van der Waals surface area contributed by atoms with Crippen LogP contribution in [-0.4, -0.2) is 38.3 Å². The second-order valence-electron chi connectivity index (χ2n) is 5.71. The number of hydrogen-bond acceptors (Lipinski definition) is 5. The Morgan fingerprint density at radius 2 is 1.73 bits per heavy atom. The number of nitrogens with one attached hydrogen (secondary N) is 1. The van der Waals surface area contributed by atoms with Crippen LogP contribution < -0.4 is 10.1 Å². The Morgan fingerprint density at radius 3 is 2.38 bits per heavy atom. The molecule has 138 valence electrons. The van der Waals surface area contributed by atoms with E-state index in [-0.39, 0.29) is 12.5 Å². The van der Waals surface area contributed by atoms with E-state index in [9.17, 15) is 9.59 Å².